The molecular formula is C22H18N4O4S2. The molecule has 0 aliphatic carbocycles. The van der Waals surface area contributed by atoms with E-state index in [0.29, 0.717) is 5.75 Å². The average Bonchev–Trinajstić information content (AvgIpc) is 3.62. The average molecular weight is 467 g/mol. The molecule has 2 aliphatic rings. The van der Waals surface area contributed by atoms with Crippen LogP contribution in [0.4, 0.5) is 0 Å². The SMILES string of the molecule is CCn1c(SCc2csc(-c3ccc4c(c3)OCO4)n2)nnc1-c1ccc2c(c1)OCO2. The molecule has 6 rings (SSSR count). The zero-order valence-electron chi connectivity index (χ0n) is 17.1. The number of hydrogen-bond acceptors (Lipinski definition) is 9. The smallest absolute Gasteiger partial charge is 0.231 e. The number of thioether (sulfide) groups is 1. The molecular weight excluding hydrogens is 448 g/mol. The van der Waals surface area contributed by atoms with E-state index in [1.165, 1.54) is 0 Å². The predicted octanol–water partition coefficient (Wildman–Crippen LogP) is 4.84. The Morgan fingerprint density at radius 2 is 1.59 bits per heavy atom. The zero-order valence-corrected chi connectivity index (χ0v) is 18.7. The fourth-order valence-corrected chi connectivity index (χ4v) is 5.42. The molecule has 0 atom stereocenters. The van der Waals surface area contributed by atoms with Crippen LogP contribution in [0.2, 0.25) is 0 Å². The van der Waals surface area contributed by atoms with Crippen LogP contribution < -0.4 is 18.9 Å². The van der Waals surface area contributed by atoms with Crippen molar-refractivity contribution in [2.75, 3.05) is 13.6 Å². The van der Waals surface area contributed by atoms with E-state index in [-0.39, 0.29) is 13.6 Å². The summed E-state index contributed by atoms with van der Waals surface area (Å²) in [6.45, 7) is 3.37. The Kier molecular flexibility index (Phi) is 4.88. The lowest BCUT2D eigenvalue weighted by molar-refractivity contribution is 0.173. The molecule has 0 spiro atoms. The molecule has 10 heteroatoms. The fraction of sp³-hybridized carbons (Fsp3) is 0.227. The largest absolute Gasteiger partial charge is 0.454 e. The maximum absolute atomic E-state index is 5.50. The monoisotopic (exact) mass is 466 g/mol. The number of hydrogen-bond donors (Lipinski definition) is 0. The molecule has 0 amide bonds. The lowest BCUT2D eigenvalue weighted by Gasteiger charge is -2.07. The van der Waals surface area contributed by atoms with Gasteiger partial charge in [0.2, 0.25) is 13.6 Å². The lowest BCUT2D eigenvalue weighted by Crippen LogP contribution is -2.00. The minimum Gasteiger partial charge on any atom is -0.454 e. The molecule has 2 aromatic heterocycles. The van der Waals surface area contributed by atoms with E-state index < -0.39 is 0 Å². The van der Waals surface area contributed by atoms with Crippen LogP contribution in [0.3, 0.4) is 0 Å². The first kappa shape index (κ1) is 19.4. The van der Waals surface area contributed by atoms with Gasteiger partial charge in [0.1, 0.15) is 5.01 Å². The third-order valence-electron chi connectivity index (χ3n) is 5.18. The van der Waals surface area contributed by atoms with Gasteiger partial charge in [0, 0.05) is 28.8 Å². The van der Waals surface area contributed by atoms with E-state index in [1.807, 2.05) is 36.4 Å². The van der Waals surface area contributed by atoms with Gasteiger partial charge in [-0.1, -0.05) is 11.8 Å². The Morgan fingerprint density at radius 3 is 2.34 bits per heavy atom. The van der Waals surface area contributed by atoms with Crippen molar-refractivity contribution < 1.29 is 18.9 Å². The Labute approximate surface area is 192 Å². The number of rotatable bonds is 6. The molecule has 0 saturated heterocycles. The fourth-order valence-electron chi connectivity index (χ4n) is 3.60. The highest BCUT2D eigenvalue weighted by atomic mass is 32.2. The highest BCUT2D eigenvalue weighted by molar-refractivity contribution is 7.98. The van der Waals surface area contributed by atoms with Crippen LogP contribution in [0, 0.1) is 0 Å². The Balaban J connectivity index is 1.19. The van der Waals surface area contributed by atoms with Crippen molar-refractivity contribution >= 4 is 23.1 Å². The Hall–Kier alpha value is -3.24. The van der Waals surface area contributed by atoms with Gasteiger partial charge >= 0.3 is 0 Å². The van der Waals surface area contributed by atoms with E-state index in [4.69, 9.17) is 23.9 Å². The maximum Gasteiger partial charge on any atom is 0.231 e. The second-order valence-corrected chi connectivity index (χ2v) is 8.92. The molecule has 32 heavy (non-hydrogen) atoms. The molecule has 0 unspecified atom stereocenters. The number of thiazole rings is 1. The summed E-state index contributed by atoms with van der Waals surface area (Å²) in [4.78, 5) is 4.79. The van der Waals surface area contributed by atoms with Crippen LogP contribution in [0.5, 0.6) is 23.0 Å². The van der Waals surface area contributed by atoms with Crippen molar-refractivity contribution in [1.82, 2.24) is 19.7 Å². The molecule has 162 valence electrons. The second-order valence-electron chi connectivity index (χ2n) is 7.12. The molecule has 8 nitrogen and oxygen atoms in total. The van der Waals surface area contributed by atoms with Crippen LogP contribution in [-0.2, 0) is 12.3 Å². The van der Waals surface area contributed by atoms with Crippen molar-refractivity contribution in [2.24, 2.45) is 0 Å². The van der Waals surface area contributed by atoms with Crippen molar-refractivity contribution in [3.05, 3.63) is 47.5 Å². The third kappa shape index (κ3) is 3.45. The van der Waals surface area contributed by atoms with E-state index in [9.17, 15) is 0 Å². The molecule has 0 fully saturated rings. The normalized spacial score (nSPS) is 13.7. The van der Waals surface area contributed by atoms with Crippen LogP contribution in [0.15, 0.2) is 46.9 Å². The topological polar surface area (TPSA) is 80.5 Å². The van der Waals surface area contributed by atoms with Gasteiger partial charge in [-0.15, -0.1) is 21.5 Å². The molecule has 0 N–H and O–H groups in total. The molecule has 4 heterocycles. The molecule has 0 radical (unpaired) electrons. The van der Waals surface area contributed by atoms with Gasteiger partial charge in [-0.3, -0.25) is 0 Å². The number of nitrogens with zero attached hydrogens (tertiary/aromatic N) is 4. The molecule has 2 aromatic carbocycles. The first-order valence-electron chi connectivity index (χ1n) is 10.1. The summed E-state index contributed by atoms with van der Waals surface area (Å²) in [5, 5.41) is 12.8. The van der Waals surface area contributed by atoms with Crippen molar-refractivity contribution in [2.45, 2.75) is 24.4 Å². The molecule has 0 saturated carbocycles. The predicted molar refractivity (Wildman–Crippen MR) is 120 cm³/mol. The van der Waals surface area contributed by atoms with Gasteiger partial charge in [-0.05, 0) is 43.3 Å². The first-order valence-corrected chi connectivity index (χ1v) is 12.0. The molecule has 0 bridgehead atoms. The summed E-state index contributed by atoms with van der Waals surface area (Å²) < 4.78 is 23.9. The Morgan fingerprint density at radius 1 is 0.906 bits per heavy atom. The minimum absolute atomic E-state index is 0.252. The summed E-state index contributed by atoms with van der Waals surface area (Å²) in [7, 11) is 0. The lowest BCUT2D eigenvalue weighted by atomic mass is 10.2. The summed E-state index contributed by atoms with van der Waals surface area (Å²) >= 11 is 3.24. The number of aromatic nitrogens is 4. The van der Waals surface area contributed by atoms with Gasteiger partial charge in [0.05, 0.1) is 5.69 Å². The van der Waals surface area contributed by atoms with Crippen LogP contribution in [0.25, 0.3) is 22.0 Å². The summed E-state index contributed by atoms with van der Waals surface area (Å²) in [6, 6.07) is 11.8. The van der Waals surface area contributed by atoms with Gasteiger partial charge in [0.25, 0.3) is 0 Å². The van der Waals surface area contributed by atoms with Gasteiger partial charge < -0.3 is 23.5 Å². The third-order valence-corrected chi connectivity index (χ3v) is 7.12. The maximum atomic E-state index is 5.50. The van der Waals surface area contributed by atoms with Gasteiger partial charge in [0.15, 0.2) is 34.0 Å². The number of fused-ring (bicyclic) bond motifs is 2. The minimum atomic E-state index is 0.252. The van der Waals surface area contributed by atoms with Crippen molar-refractivity contribution in [1.29, 1.82) is 0 Å². The number of benzene rings is 2. The first-order chi connectivity index (χ1) is 15.8. The molecule has 2 aliphatic heterocycles. The van der Waals surface area contributed by atoms with Crippen molar-refractivity contribution in [3.8, 4) is 45.0 Å². The van der Waals surface area contributed by atoms with Crippen LogP contribution in [-0.4, -0.2) is 33.3 Å². The van der Waals surface area contributed by atoms with E-state index >= 15 is 0 Å². The van der Waals surface area contributed by atoms with E-state index in [0.717, 1.165) is 62.4 Å². The zero-order chi connectivity index (χ0) is 21.5. The summed E-state index contributed by atoms with van der Waals surface area (Å²) in [6.07, 6.45) is 0. The highest BCUT2D eigenvalue weighted by Gasteiger charge is 2.19. The van der Waals surface area contributed by atoms with Crippen LogP contribution in [0.1, 0.15) is 12.6 Å². The number of ether oxygens (including phenoxy) is 4. The van der Waals surface area contributed by atoms with Gasteiger partial charge in [-0.2, -0.15) is 0 Å². The van der Waals surface area contributed by atoms with Crippen molar-refractivity contribution in [3.63, 3.8) is 0 Å². The Bertz CT molecular complexity index is 1300. The second kappa shape index (κ2) is 8.03. The standard InChI is InChI=1S/C22H18N4O4S2/c1-2-26-20(13-3-5-16-18(7-13)29-11-27-16)24-25-22(26)32-10-15-9-31-21(23-15)14-4-6-17-19(8-14)30-12-28-17/h3-9H,2,10-12H2,1H3. The van der Waals surface area contributed by atoms with E-state index in [2.05, 4.69) is 27.1 Å². The van der Waals surface area contributed by atoms with Crippen LogP contribution >= 0.6 is 23.1 Å². The summed E-state index contributed by atoms with van der Waals surface area (Å²) in [5.41, 5.74) is 2.98. The summed E-state index contributed by atoms with van der Waals surface area (Å²) in [5.74, 6) is 4.56. The van der Waals surface area contributed by atoms with E-state index in [1.54, 1.807) is 23.1 Å². The quantitative estimate of drug-likeness (QED) is 0.374. The van der Waals surface area contributed by atoms with Gasteiger partial charge in [-0.25, -0.2) is 4.98 Å². The molecule has 4 aromatic rings. The highest BCUT2D eigenvalue weighted by Crippen LogP contribution is 2.38.